The Kier molecular flexibility index (Phi) is 5.19. The van der Waals surface area contributed by atoms with Crippen LogP contribution in [0.25, 0.3) is 11.4 Å². The van der Waals surface area contributed by atoms with E-state index in [0.29, 0.717) is 12.5 Å². The third-order valence-electron chi connectivity index (χ3n) is 6.81. The van der Waals surface area contributed by atoms with Gasteiger partial charge in [0.15, 0.2) is 5.82 Å². The maximum atomic E-state index is 5.59. The average molecular weight is 428 g/mol. The lowest BCUT2D eigenvalue weighted by Crippen LogP contribution is -2.37. The van der Waals surface area contributed by atoms with Crippen LogP contribution in [0, 0.1) is 6.07 Å². The van der Waals surface area contributed by atoms with Gasteiger partial charge in [-0.15, -0.1) is 0 Å². The third-order valence-corrected chi connectivity index (χ3v) is 6.81. The van der Waals surface area contributed by atoms with E-state index >= 15 is 0 Å². The highest BCUT2D eigenvalue weighted by Gasteiger charge is 2.30. The summed E-state index contributed by atoms with van der Waals surface area (Å²) in [6.07, 6.45) is 8.83. The van der Waals surface area contributed by atoms with Crippen molar-refractivity contribution in [3.8, 4) is 11.4 Å². The fraction of sp³-hybridized carbons (Fsp3) is 0.440. The fourth-order valence-electron chi connectivity index (χ4n) is 5.08. The molecule has 163 valence electrons. The van der Waals surface area contributed by atoms with Crippen LogP contribution in [-0.4, -0.2) is 46.2 Å². The molecule has 0 unspecified atom stereocenters. The van der Waals surface area contributed by atoms with Gasteiger partial charge < -0.3 is 14.5 Å². The minimum Gasteiger partial charge on any atom is -0.378 e. The van der Waals surface area contributed by atoms with Gasteiger partial charge in [-0.3, -0.25) is 0 Å². The van der Waals surface area contributed by atoms with Crippen LogP contribution in [0.1, 0.15) is 48.4 Å². The van der Waals surface area contributed by atoms with Gasteiger partial charge in [0.05, 0.1) is 32.0 Å². The number of ether oxygens (including phenoxy) is 1. The second-order valence-corrected chi connectivity index (χ2v) is 8.82. The molecule has 2 aromatic heterocycles. The molecule has 0 spiro atoms. The van der Waals surface area contributed by atoms with Gasteiger partial charge in [0, 0.05) is 36.6 Å². The van der Waals surface area contributed by atoms with Crippen molar-refractivity contribution in [2.75, 3.05) is 36.1 Å². The number of nitrogens with zero attached hydrogens (tertiary/aromatic N) is 6. The summed E-state index contributed by atoms with van der Waals surface area (Å²) in [5.74, 6) is 3.18. The van der Waals surface area contributed by atoms with Gasteiger partial charge in [-0.25, -0.2) is 19.9 Å². The Morgan fingerprint density at radius 2 is 1.75 bits per heavy atom. The van der Waals surface area contributed by atoms with Crippen molar-refractivity contribution in [3.63, 3.8) is 0 Å². The van der Waals surface area contributed by atoms with Crippen LogP contribution in [0.3, 0.4) is 0 Å². The van der Waals surface area contributed by atoms with E-state index in [0.717, 1.165) is 61.7 Å². The van der Waals surface area contributed by atoms with E-state index < -0.39 is 0 Å². The Morgan fingerprint density at radius 3 is 2.50 bits per heavy atom. The molecule has 1 aliphatic carbocycles. The summed E-state index contributed by atoms with van der Waals surface area (Å²) in [6, 6.07) is 11.9. The van der Waals surface area contributed by atoms with Crippen molar-refractivity contribution in [3.05, 3.63) is 59.5 Å². The van der Waals surface area contributed by atoms with E-state index in [9.17, 15) is 0 Å². The Bertz CT molecular complexity index is 1080. The molecule has 32 heavy (non-hydrogen) atoms. The predicted octanol–water partition coefficient (Wildman–Crippen LogP) is 3.75. The van der Waals surface area contributed by atoms with Gasteiger partial charge >= 0.3 is 0 Å². The summed E-state index contributed by atoms with van der Waals surface area (Å²) >= 11 is 0. The molecule has 1 saturated carbocycles. The molecule has 0 atom stereocenters. The zero-order chi connectivity index (χ0) is 21.3. The SMILES string of the molecule is [c]1cc(C2CCCC2)ccc1-c1nc2c(c(N3CCOCC3)n1)CN(c1ncccn1)C2. The molecular weight excluding hydrogens is 400 g/mol. The van der Waals surface area contributed by atoms with Crippen LogP contribution >= 0.6 is 0 Å². The number of rotatable bonds is 4. The topological polar surface area (TPSA) is 67.3 Å². The molecule has 7 nitrogen and oxygen atoms in total. The summed E-state index contributed by atoms with van der Waals surface area (Å²) in [4.78, 5) is 23.4. The Labute approximate surface area is 188 Å². The first kappa shape index (κ1) is 19.6. The van der Waals surface area contributed by atoms with Crippen LogP contribution in [0.4, 0.5) is 11.8 Å². The quantitative estimate of drug-likeness (QED) is 0.628. The lowest BCUT2D eigenvalue weighted by Gasteiger charge is -2.29. The smallest absolute Gasteiger partial charge is 0.225 e. The van der Waals surface area contributed by atoms with E-state index in [1.165, 1.54) is 36.8 Å². The van der Waals surface area contributed by atoms with Gasteiger partial charge in [0.2, 0.25) is 5.95 Å². The van der Waals surface area contributed by atoms with Crippen LogP contribution in [0.15, 0.2) is 36.7 Å². The summed E-state index contributed by atoms with van der Waals surface area (Å²) in [5.41, 5.74) is 4.58. The van der Waals surface area contributed by atoms with Gasteiger partial charge in [0.25, 0.3) is 0 Å². The molecule has 0 bridgehead atoms. The van der Waals surface area contributed by atoms with Crippen molar-refractivity contribution in [2.24, 2.45) is 0 Å². The second kappa shape index (κ2) is 8.47. The molecule has 2 fully saturated rings. The minimum absolute atomic E-state index is 0.685. The summed E-state index contributed by atoms with van der Waals surface area (Å²) in [5, 5.41) is 0. The van der Waals surface area contributed by atoms with Crippen molar-refractivity contribution >= 4 is 11.8 Å². The summed E-state index contributed by atoms with van der Waals surface area (Å²) in [6.45, 7) is 4.54. The Morgan fingerprint density at radius 1 is 0.938 bits per heavy atom. The number of benzene rings is 1. The number of morpholine rings is 1. The Balaban J connectivity index is 1.35. The lowest BCUT2D eigenvalue weighted by atomic mass is 9.96. The molecule has 3 aliphatic rings. The number of aromatic nitrogens is 4. The van der Waals surface area contributed by atoms with Crippen LogP contribution in [-0.2, 0) is 17.8 Å². The number of fused-ring (bicyclic) bond motifs is 1. The van der Waals surface area contributed by atoms with E-state index in [-0.39, 0.29) is 0 Å². The predicted molar refractivity (Wildman–Crippen MR) is 122 cm³/mol. The first-order valence-electron chi connectivity index (χ1n) is 11.6. The van der Waals surface area contributed by atoms with Gasteiger partial charge in [-0.1, -0.05) is 31.0 Å². The molecular formula is C25H27N6O. The third kappa shape index (κ3) is 3.71. The largest absolute Gasteiger partial charge is 0.378 e. The molecule has 0 N–H and O–H groups in total. The van der Waals surface area contributed by atoms with Gasteiger partial charge in [0.1, 0.15) is 5.82 Å². The normalized spacial score (nSPS) is 18.9. The first-order chi connectivity index (χ1) is 15.8. The molecule has 6 rings (SSSR count). The van der Waals surface area contributed by atoms with Crippen LogP contribution in [0.5, 0.6) is 0 Å². The molecule has 2 aliphatic heterocycles. The highest BCUT2D eigenvalue weighted by atomic mass is 16.5. The summed E-state index contributed by atoms with van der Waals surface area (Å²) < 4.78 is 5.59. The van der Waals surface area contributed by atoms with E-state index in [1.54, 1.807) is 12.4 Å². The first-order valence-corrected chi connectivity index (χ1v) is 11.6. The second-order valence-electron chi connectivity index (χ2n) is 8.82. The van der Waals surface area contributed by atoms with Crippen LogP contribution < -0.4 is 9.80 Å². The van der Waals surface area contributed by atoms with Gasteiger partial charge in [-0.2, -0.15) is 0 Å². The fourth-order valence-corrected chi connectivity index (χ4v) is 5.08. The minimum atomic E-state index is 0.685. The number of hydrogen-bond donors (Lipinski definition) is 0. The molecule has 4 heterocycles. The Hall–Kier alpha value is -3.06. The molecule has 0 amide bonds. The van der Waals surface area contributed by atoms with Crippen molar-refractivity contribution in [1.29, 1.82) is 0 Å². The van der Waals surface area contributed by atoms with Gasteiger partial charge in [-0.05, 0) is 36.5 Å². The standard InChI is InChI=1S/C25H27N6O/c1-2-5-18(4-1)19-6-8-20(9-7-19)23-28-22-17-31(25-26-10-3-11-27-25)16-21(22)24(29-23)30-12-14-32-15-13-30/h3,6-8,10-11,18H,1-2,4-5,12-17H2. The number of anilines is 2. The molecule has 7 heteroatoms. The highest BCUT2D eigenvalue weighted by molar-refractivity contribution is 5.63. The monoisotopic (exact) mass is 427 g/mol. The highest BCUT2D eigenvalue weighted by Crippen LogP contribution is 2.36. The molecule has 1 radical (unpaired) electrons. The maximum absolute atomic E-state index is 5.59. The molecule has 3 aromatic rings. The summed E-state index contributed by atoms with van der Waals surface area (Å²) in [7, 11) is 0. The van der Waals surface area contributed by atoms with Crippen LogP contribution in [0.2, 0.25) is 0 Å². The van der Waals surface area contributed by atoms with Crippen molar-refractivity contribution < 1.29 is 4.74 Å². The van der Waals surface area contributed by atoms with Crippen molar-refractivity contribution in [2.45, 2.75) is 44.7 Å². The zero-order valence-corrected chi connectivity index (χ0v) is 18.2. The van der Waals surface area contributed by atoms with E-state index in [4.69, 9.17) is 14.7 Å². The van der Waals surface area contributed by atoms with Crippen molar-refractivity contribution in [1.82, 2.24) is 19.9 Å². The lowest BCUT2D eigenvalue weighted by molar-refractivity contribution is 0.122. The number of hydrogen-bond acceptors (Lipinski definition) is 7. The van der Waals surface area contributed by atoms with E-state index in [2.05, 4.69) is 44.0 Å². The average Bonchev–Trinajstić information content (AvgIpc) is 3.55. The van der Waals surface area contributed by atoms with E-state index in [1.807, 2.05) is 6.07 Å². The molecule has 1 aromatic carbocycles. The molecule has 1 saturated heterocycles. The maximum Gasteiger partial charge on any atom is 0.225 e. The zero-order valence-electron chi connectivity index (χ0n) is 18.2.